The molecule has 2 aromatic rings. The molecule has 0 amide bonds. The van der Waals surface area contributed by atoms with Crippen LogP contribution >= 0.6 is 0 Å². The van der Waals surface area contributed by atoms with E-state index in [2.05, 4.69) is 4.98 Å². The largest absolute Gasteiger partial charge is 0.497 e. The van der Waals surface area contributed by atoms with Gasteiger partial charge in [-0.3, -0.25) is 5.41 Å². The van der Waals surface area contributed by atoms with Crippen LogP contribution in [0.4, 0.5) is 5.82 Å². The SMILES string of the molecule is COc1ccc(CN(C)c2nccc(C)c2C(=N)N)cc1. The Hall–Kier alpha value is -2.56. The number of aryl methyl sites for hydroxylation is 1. The van der Waals surface area contributed by atoms with E-state index in [0.29, 0.717) is 12.1 Å². The lowest BCUT2D eigenvalue weighted by molar-refractivity contribution is 0.414. The van der Waals surface area contributed by atoms with Crippen molar-refractivity contribution < 1.29 is 4.74 Å². The molecule has 0 saturated carbocycles. The number of amidine groups is 1. The quantitative estimate of drug-likeness (QED) is 0.652. The van der Waals surface area contributed by atoms with Gasteiger partial charge >= 0.3 is 0 Å². The van der Waals surface area contributed by atoms with E-state index >= 15 is 0 Å². The van der Waals surface area contributed by atoms with Gasteiger partial charge in [0.2, 0.25) is 0 Å². The second-order valence-corrected chi connectivity index (χ2v) is 4.94. The van der Waals surface area contributed by atoms with Crippen LogP contribution in [0.25, 0.3) is 0 Å². The van der Waals surface area contributed by atoms with Crippen LogP contribution in [-0.2, 0) is 6.54 Å². The van der Waals surface area contributed by atoms with E-state index in [1.54, 1.807) is 13.3 Å². The summed E-state index contributed by atoms with van der Waals surface area (Å²) >= 11 is 0. The predicted molar refractivity (Wildman–Crippen MR) is 85.1 cm³/mol. The molecule has 0 unspecified atom stereocenters. The predicted octanol–water partition coefficient (Wildman–Crippen LogP) is 2.32. The topological polar surface area (TPSA) is 75.2 Å². The summed E-state index contributed by atoms with van der Waals surface area (Å²) in [4.78, 5) is 6.36. The van der Waals surface area contributed by atoms with Gasteiger partial charge in [-0.2, -0.15) is 0 Å². The van der Waals surface area contributed by atoms with Crippen LogP contribution < -0.4 is 15.4 Å². The van der Waals surface area contributed by atoms with E-state index in [9.17, 15) is 0 Å². The molecule has 110 valence electrons. The highest BCUT2D eigenvalue weighted by atomic mass is 16.5. The second kappa shape index (κ2) is 6.26. The Morgan fingerprint density at radius 3 is 2.52 bits per heavy atom. The van der Waals surface area contributed by atoms with Crippen LogP contribution in [0, 0.1) is 12.3 Å². The Bertz CT molecular complexity index is 637. The number of anilines is 1. The number of methoxy groups -OCH3 is 1. The van der Waals surface area contributed by atoms with E-state index < -0.39 is 0 Å². The molecule has 5 heteroatoms. The summed E-state index contributed by atoms with van der Waals surface area (Å²) in [6, 6.07) is 9.75. The average molecular weight is 284 g/mol. The number of hydrogen-bond donors (Lipinski definition) is 2. The Labute approximate surface area is 124 Å². The molecule has 0 bridgehead atoms. The Morgan fingerprint density at radius 1 is 1.29 bits per heavy atom. The highest BCUT2D eigenvalue weighted by Crippen LogP contribution is 2.21. The van der Waals surface area contributed by atoms with Gasteiger partial charge in [0.1, 0.15) is 17.4 Å². The summed E-state index contributed by atoms with van der Waals surface area (Å²) in [6.07, 6.45) is 1.74. The zero-order chi connectivity index (χ0) is 15.4. The van der Waals surface area contributed by atoms with Gasteiger partial charge in [-0.15, -0.1) is 0 Å². The molecule has 0 atom stereocenters. The molecule has 0 radical (unpaired) electrons. The Morgan fingerprint density at radius 2 is 1.95 bits per heavy atom. The molecular formula is C16H20N4O. The molecule has 3 N–H and O–H groups in total. The molecule has 21 heavy (non-hydrogen) atoms. The molecular weight excluding hydrogens is 264 g/mol. The summed E-state index contributed by atoms with van der Waals surface area (Å²) in [5, 5.41) is 7.74. The number of aromatic nitrogens is 1. The molecule has 0 aliphatic heterocycles. The lowest BCUT2D eigenvalue weighted by Gasteiger charge is -2.22. The number of benzene rings is 1. The first-order valence-corrected chi connectivity index (χ1v) is 6.67. The monoisotopic (exact) mass is 284 g/mol. The van der Waals surface area contributed by atoms with E-state index in [4.69, 9.17) is 15.9 Å². The average Bonchev–Trinajstić information content (AvgIpc) is 2.47. The number of pyridine rings is 1. The van der Waals surface area contributed by atoms with Gasteiger partial charge in [0.25, 0.3) is 0 Å². The summed E-state index contributed by atoms with van der Waals surface area (Å²) in [7, 11) is 3.59. The van der Waals surface area contributed by atoms with Crippen LogP contribution in [0.5, 0.6) is 5.75 Å². The minimum atomic E-state index is 0.0391. The molecule has 5 nitrogen and oxygen atoms in total. The lowest BCUT2D eigenvalue weighted by Crippen LogP contribution is -2.24. The van der Waals surface area contributed by atoms with Gasteiger partial charge in [-0.05, 0) is 36.2 Å². The van der Waals surface area contributed by atoms with Crippen molar-refractivity contribution in [1.29, 1.82) is 5.41 Å². The lowest BCUT2D eigenvalue weighted by atomic mass is 10.1. The van der Waals surface area contributed by atoms with Crippen molar-refractivity contribution in [1.82, 2.24) is 4.98 Å². The molecule has 0 spiro atoms. The number of nitrogens with zero attached hydrogens (tertiary/aromatic N) is 2. The van der Waals surface area contributed by atoms with Crippen molar-refractivity contribution in [3.8, 4) is 5.75 Å². The maximum Gasteiger partial charge on any atom is 0.139 e. The number of rotatable bonds is 5. The fraction of sp³-hybridized carbons (Fsp3) is 0.250. The van der Waals surface area contributed by atoms with Crippen molar-refractivity contribution in [2.45, 2.75) is 13.5 Å². The van der Waals surface area contributed by atoms with Crippen molar-refractivity contribution >= 4 is 11.7 Å². The van der Waals surface area contributed by atoms with E-state index in [-0.39, 0.29) is 5.84 Å². The molecule has 0 saturated heterocycles. The summed E-state index contributed by atoms with van der Waals surface area (Å²) in [5.41, 5.74) is 8.46. The Balaban J connectivity index is 2.25. The fourth-order valence-corrected chi connectivity index (χ4v) is 2.25. The smallest absolute Gasteiger partial charge is 0.139 e. The van der Waals surface area contributed by atoms with Gasteiger partial charge in [0.15, 0.2) is 0 Å². The van der Waals surface area contributed by atoms with Crippen molar-refractivity contribution in [3.63, 3.8) is 0 Å². The summed E-state index contributed by atoms with van der Waals surface area (Å²) in [6.45, 7) is 2.61. The van der Waals surface area contributed by atoms with Crippen LogP contribution in [-0.4, -0.2) is 25.0 Å². The maximum atomic E-state index is 7.74. The van der Waals surface area contributed by atoms with Gasteiger partial charge in [0.05, 0.1) is 12.7 Å². The first-order valence-electron chi connectivity index (χ1n) is 6.67. The first-order chi connectivity index (χ1) is 10.0. The molecule has 0 aliphatic carbocycles. The fourth-order valence-electron chi connectivity index (χ4n) is 2.25. The highest BCUT2D eigenvalue weighted by Gasteiger charge is 2.14. The number of ether oxygens (including phenoxy) is 1. The minimum absolute atomic E-state index is 0.0391. The summed E-state index contributed by atoms with van der Waals surface area (Å²) in [5.74, 6) is 1.59. The maximum absolute atomic E-state index is 7.74. The molecule has 0 fully saturated rings. The molecule has 2 rings (SSSR count). The van der Waals surface area contributed by atoms with Crippen molar-refractivity contribution in [2.24, 2.45) is 5.73 Å². The number of nitrogens with two attached hydrogens (primary N) is 1. The third-order valence-corrected chi connectivity index (χ3v) is 3.35. The third-order valence-electron chi connectivity index (χ3n) is 3.35. The molecule has 1 aromatic heterocycles. The highest BCUT2D eigenvalue weighted by molar-refractivity contribution is 6.00. The number of hydrogen-bond acceptors (Lipinski definition) is 4. The zero-order valence-electron chi connectivity index (χ0n) is 12.6. The van der Waals surface area contributed by atoms with Crippen molar-refractivity contribution in [2.75, 3.05) is 19.1 Å². The normalized spacial score (nSPS) is 10.2. The van der Waals surface area contributed by atoms with Crippen molar-refractivity contribution in [3.05, 3.63) is 53.2 Å². The summed E-state index contributed by atoms with van der Waals surface area (Å²) < 4.78 is 5.15. The van der Waals surface area contributed by atoms with Gasteiger partial charge in [-0.25, -0.2) is 4.98 Å². The van der Waals surface area contributed by atoms with Crippen LogP contribution in [0.1, 0.15) is 16.7 Å². The minimum Gasteiger partial charge on any atom is -0.497 e. The number of nitrogens with one attached hydrogen (secondary N) is 1. The third kappa shape index (κ3) is 3.31. The molecule has 0 aliphatic rings. The van der Waals surface area contributed by atoms with E-state index in [1.165, 1.54) is 0 Å². The second-order valence-electron chi connectivity index (χ2n) is 4.94. The van der Waals surface area contributed by atoms with Crippen LogP contribution in [0.15, 0.2) is 36.5 Å². The van der Waals surface area contributed by atoms with Crippen LogP contribution in [0.3, 0.4) is 0 Å². The standard InChI is InChI=1S/C16H20N4O/c1-11-8-9-19-16(14(11)15(17)18)20(2)10-12-4-6-13(21-3)7-5-12/h4-9H,10H2,1-3H3,(H3,17,18). The van der Waals surface area contributed by atoms with Gasteiger partial charge in [0, 0.05) is 19.8 Å². The van der Waals surface area contributed by atoms with Gasteiger partial charge in [-0.1, -0.05) is 12.1 Å². The van der Waals surface area contributed by atoms with Gasteiger partial charge < -0.3 is 15.4 Å². The van der Waals surface area contributed by atoms with Crippen LogP contribution in [0.2, 0.25) is 0 Å². The van der Waals surface area contributed by atoms with E-state index in [0.717, 1.165) is 22.7 Å². The molecule has 1 aromatic carbocycles. The molecule has 1 heterocycles. The van der Waals surface area contributed by atoms with E-state index in [1.807, 2.05) is 49.2 Å². The zero-order valence-corrected chi connectivity index (χ0v) is 12.6. The Kier molecular flexibility index (Phi) is 4.42. The number of nitrogen functional groups attached to an aromatic ring is 1. The first kappa shape index (κ1) is 14.8.